The molecule has 0 aromatic heterocycles. The number of aliphatic carboxylic acids is 1. The van der Waals surface area contributed by atoms with Gasteiger partial charge in [0.15, 0.2) is 11.5 Å². The van der Waals surface area contributed by atoms with Gasteiger partial charge in [0, 0.05) is 18.1 Å². The van der Waals surface area contributed by atoms with Crippen LogP contribution < -0.4 is 9.47 Å². The van der Waals surface area contributed by atoms with Gasteiger partial charge in [-0.3, -0.25) is 9.59 Å². The number of carbonyl (C=O) groups is 2. The van der Waals surface area contributed by atoms with Gasteiger partial charge in [-0.2, -0.15) is 11.8 Å². The summed E-state index contributed by atoms with van der Waals surface area (Å²) in [5.41, 5.74) is 0. The van der Waals surface area contributed by atoms with Crippen molar-refractivity contribution in [2.24, 2.45) is 0 Å². The molecule has 0 aliphatic carbocycles. The molecule has 1 aromatic rings. The van der Waals surface area contributed by atoms with Crippen LogP contribution in [-0.4, -0.2) is 58.7 Å². The predicted molar refractivity (Wildman–Crippen MR) is 81.4 cm³/mol. The summed E-state index contributed by atoms with van der Waals surface area (Å²) in [6, 6.07) is 6.93. The average Bonchev–Trinajstić information content (AvgIpc) is 2.54. The summed E-state index contributed by atoms with van der Waals surface area (Å²) in [4.78, 5) is 25.3. The molecule has 1 amide bonds. The minimum Gasteiger partial charge on any atom is -0.485 e. The number of rotatable bonds is 3. The highest BCUT2D eigenvalue weighted by atomic mass is 32.2. The Labute approximate surface area is 132 Å². The number of fused-ring (bicyclic) bond motifs is 1. The maximum atomic E-state index is 12.7. The largest absolute Gasteiger partial charge is 0.485 e. The Hall–Kier alpha value is -1.89. The number of para-hydroxylation sites is 2. The van der Waals surface area contributed by atoms with Crippen LogP contribution in [0.2, 0.25) is 0 Å². The third-order valence-electron chi connectivity index (χ3n) is 3.70. The summed E-state index contributed by atoms with van der Waals surface area (Å²) in [6.07, 6.45) is -0.752. The number of carboxylic acid groups (broad SMARTS) is 1. The first-order valence-corrected chi connectivity index (χ1v) is 8.29. The third kappa shape index (κ3) is 3.14. The Balaban J connectivity index is 1.71. The van der Waals surface area contributed by atoms with Gasteiger partial charge in [-0.1, -0.05) is 12.1 Å². The van der Waals surface area contributed by atoms with Crippen LogP contribution in [-0.2, 0) is 9.59 Å². The molecule has 2 unspecified atom stereocenters. The second kappa shape index (κ2) is 6.48. The Kier molecular flexibility index (Phi) is 4.42. The van der Waals surface area contributed by atoms with E-state index in [0.29, 0.717) is 23.8 Å². The Morgan fingerprint density at radius 2 is 2.09 bits per heavy atom. The monoisotopic (exact) mass is 323 g/mol. The first kappa shape index (κ1) is 15.0. The van der Waals surface area contributed by atoms with Gasteiger partial charge in [0.1, 0.15) is 6.61 Å². The van der Waals surface area contributed by atoms with Gasteiger partial charge >= 0.3 is 5.97 Å². The van der Waals surface area contributed by atoms with E-state index in [1.54, 1.807) is 28.8 Å². The summed E-state index contributed by atoms with van der Waals surface area (Å²) in [5, 5.41) is 9.00. The maximum absolute atomic E-state index is 12.7. The molecular weight excluding hydrogens is 306 g/mol. The molecule has 2 atom stereocenters. The summed E-state index contributed by atoms with van der Waals surface area (Å²) in [7, 11) is 0. The summed E-state index contributed by atoms with van der Waals surface area (Å²) in [6.45, 7) is 0.697. The molecule has 1 aromatic carbocycles. The quantitative estimate of drug-likeness (QED) is 0.902. The molecule has 0 radical (unpaired) electrons. The fourth-order valence-corrected chi connectivity index (χ4v) is 3.70. The summed E-state index contributed by atoms with van der Waals surface area (Å²) in [5.74, 6) is 1.54. The highest BCUT2D eigenvalue weighted by Gasteiger charge is 2.36. The second-order valence-corrected chi connectivity index (χ2v) is 6.37. The van der Waals surface area contributed by atoms with Crippen LogP contribution >= 0.6 is 11.8 Å². The molecule has 22 heavy (non-hydrogen) atoms. The summed E-state index contributed by atoms with van der Waals surface area (Å²) < 4.78 is 11.3. The molecule has 7 heteroatoms. The van der Waals surface area contributed by atoms with E-state index >= 15 is 0 Å². The number of carbonyl (C=O) groups excluding carboxylic acids is 1. The number of hydrogen-bond acceptors (Lipinski definition) is 5. The molecular formula is C15H17NO5S. The zero-order valence-corrected chi connectivity index (χ0v) is 12.8. The average molecular weight is 323 g/mol. The van der Waals surface area contributed by atoms with Crippen LogP contribution in [0.4, 0.5) is 0 Å². The second-order valence-electron chi connectivity index (χ2n) is 5.22. The lowest BCUT2D eigenvalue weighted by atomic mass is 10.1. The highest BCUT2D eigenvalue weighted by molar-refractivity contribution is 7.99. The molecule has 0 spiro atoms. The van der Waals surface area contributed by atoms with Crippen molar-refractivity contribution in [3.8, 4) is 11.5 Å². The van der Waals surface area contributed by atoms with Gasteiger partial charge < -0.3 is 19.5 Å². The molecule has 0 bridgehead atoms. The maximum Gasteiger partial charge on any atom is 0.305 e. The minimum atomic E-state index is -0.892. The van der Waals surface area contributed by atoms with E-state index in [2.05, 4.69) is 0 Å². The number of nitrogens with zero attached hydrogens (tertiary/aromatic N) is 1. The van der Waals surface area contributed by atoms with Crippen molar-refractivity contribution < 1.29 is 24.2 Å². The SMILES string of the molecule is O=C(O)CC1CSCCN1C(=O)C1COc2ccccc2O1. The lowest BCUT2D eigenvalue weighted by Crippen LogP contribution is -2.54. The molecule has 1 fully saturated rings. The van der Waals surface area contributed by atoms with Crippen molar-refractivity contribution in [3.05, 3.63) is 24.3 Å². The van der Waals surface area contributed by atoms with Crippen LogP contribution in [0.25, 0.3) is 0 Å². The number of carboxylic acids is 1. The standard InChI is InChI=1S/C15H17NO5S/c17-14(18)7-10-9-22-6-5-16(10)15(19)13-8-20-11-3-1-2-4-12(11)21-13/h1-4,10,13H,5-9H2,(H,17,18). The van der Waals surface area contributed by atoms with E-state index in [1.807, 2.05) is 12.1 Å². The van der Waals surface area contributed by atoms with E-state index in [4.69, 9.17) is 14.6 Å². The number of benzene rings is 1. The van der Waals surface area contributed by atoms with Gasteiger partial charge in [0.05, 0.1) is 12.5 Å². The van der Waals surface area contributed by atoms with Crippen molar-refractivity contribution in [3.63, 3.8) is 0 Å². The predicted octanol–water partition coefficient (Wildman–Crippen LogP) is 1.25. The van der Waals surface area contributed by atoms with Gasteiger partial charge in [0.2, 0.25) is 6.10 Å². The van der Waals surface area contributed by atoms with Crippen LogP contribution in [0.5, 0.6) is 11.5 Å². The van der Waals surface area contributed by atoms with Gasteiger partial charge in [0.25, 0.3) is 5.91 Å². The van der Waals surface area contributed by atoms with Crippen LogP contribution in [0.1, 0.15) is 6.42 Å². The molecule has 2 aliphatic rings. The van der Waals surface area contributed by atoms with Crippen LogP contribution in [0.3, 0.4) is 0 Å². The Bertz CT molecular complexity index is 579. The highest BCUT2D eigenvalue weighted by Crippen LogP contribution is 2.32. The van der Waals surface area contributed by atoms with E-state index < -0.39 is 12.1 Å². The van der Waals surface area contributed by atoms with E-state index in [-0.39, 0.29) is 25.0 Å². The van der Waals surface area contributed by atoms with E-state index in [0.717, 1.165) is 5.75 Å². The van der Waals surface area contributed by atoms with E-state index in [1.165, 1.54) is 0 Å². The number of amides is 1. The Morgan fingerprint density at radius 1 is 1.32 bits per heavy atom. The Morgan fingerprint density at radius 3 is 2.86 bits per heavy atom. The topological polar surface area (TPSA) is 76.1 Å². The van der Waals surface area contributed by atoms with Crippen molar-refractivity contribution in [2.75, 3.05) is 24.7 Å². The molecule has 0 saturated carbocycles. The van der Waals surface area contributed by atoms with Gasteiger partial charge in [-0.25, -0.2) is 0 Å². The van der Waals surface area contributed by atoms with Crippen molar-refractivity contribution in [2.45, 2.75) is 18.6 Å². The normalized spacial score (nSPS) is 23.9. The molecule has 2 aliphatic heterocycles. The fraction of sp³-hybridized carbons (Fsp3) is 0.467. The molecule has 2 heterocycles. The van der Waals surface area contributed by atoms with E-state index in [9.17, 15) is 9.59 Å². The number of thioether (sulfide) groups is 1. The van der Waals surface area contributed by atoms with Gasteiger partial charge in [-0.05, 0) is 12.1 Å². The smallest absolute Gasteiger partial charge is 0.305 e. The number of hydrogen-bond donors (Lipinski definition) is 1. The van der Waals surface area contributed by atoms with Gasteiger partial charge in [-0.15, -0.1) is 0 Å². The fourth-order valence-electron chi connectivity index (χ4n) is 2.64. The number of ether oxygens (including phenoxy) is 2. The van der Waals surface area contributed by atoms with Crippen molar-refractivity contribution in [1.82, 2.24) is 4.90 Å². The van der Waals surface area contributed by atoms with Crippen LogP contribution in [0.15, 0.2) is 24.3 Å². The molecule has 1 saturated heterocycles. The first-order chi connectivity index (χ1) is 10.6. The first-order valence-electron chi connectivity index (χ1n) is 7.13. The minimum absolute atomic E-state index is 0.0388. The molecule has 118 valence electrons. The zero-order chi connectivity index (χ0) is 15.5. The molecule has 1 N–H and O–H groups in total. The zero-order valence-electron chi connectivity index (χ0n) is 11.9. The van der Waals surface area contributed by atoms with Crippen molar-refractivity contribution >= 4 is 23.6 Å². The van der Waals surface area contributed by atoms with Crippen molar-refractivity contribution in [1.29, 1.82) is 0 Å². The molecule has 3 rings (SSSR count). The third-order valence-corrected chi connectivity index (χ3v) is 4.80. The summed E-state index contributed by atoms with van der Waals surface area (Å²) >= 11 is 1.67. The van der Waals surface area contributed by atoms with Crippen LogP contribution in [0, 0.1) is 0 Å². The lowest BCUT2D eigenvalue weighted by molar-refractivity contribution is -0.145. The lowest BCUT2D eigenvalue weighted by Gasteiger charge is -2.37. The molecule has 6 nitrogen and oxygen atoms in total.